The fourth-order valence-corrected chi connectivity index (χ4v) is 6.34. The minimum Gasteiger partial charge on any atom is -0.504 e. The Bertz CT molecular complexity index is 1150. The molecule has 1 spiro atoms. The summed E-state index contributed by atoms with van der Waals surface area (Å²) in [6.07, 6.45) is 0.750. The number of likely N-dealkylation sites (tertiary alicyclic amines) is 1. The number of ether oxygens (including phenoxy) is 3. The average Bonchev–Trinajstić information content (AvgIpc) is 3.15. The quantitative estimate of drug-likeness (QED) is 0.484. The van der Waals surface area contributed by atoms with Crippen molar-refractivity contribution in [3.05, 3.63) is 35.1 Å². The first-order chi connectivity index (χ1) is 16.5. The molecule has 2 aliphatic heterocycles. The molecule has 2 bridgehead atoms. The normalized spacial score (nSPS) is 32.0. The maximum Gasteiger partial charge on any atom is 0.352 e. The average molecular weight is 487 g/mol. The lowest BCUT2D eigenvalue weighted by Crippen LogP contribution is -2.74. The maximum atomic E-state index is 12.9. The number of Topliss-reactive ketones (excluding diaryl/α,β-unsaturated/α-hetero) is 1. The number of carbonyl (C=O) groups excluding carboxylic acids is 3. The number of esters is 2. The Morgan fingerprint density at radius 1 is 1.31 bits per heavy atom. The van der Waals surface area contributed by atoms with Gasteiger partial charge in [-0.2, -0.15) is 0 Å². The van der Waals surface area contributed by atoms with Crippen molar-refractivity contribution in [3.8, 4) is 11.5 Å². The van der Waals surface area contributed by atoms with Gasteiger partial charge in [0.05, 0.1) is 11.0 Å². The van der Waals surface area contributed by atoms with E-state index in [1.165, 1.54) is 13.8 Å². The summed E-state index contributed by atoms with van der Waals surface area (Å²) < 4.78 is 17.0. The van der Waals surface area contributed by atoms with Crippen LogP contribution in [0.2, 0.25) is 0 Å². The van der Waals surface area contributed by atoms with Crippen LogP contribution in [0, 0.1) is 0 Å². The summed E-state index contributed by atoms with van der Waals surface area (Å²) in [5.41, 5.74) is 5.38. The van der Waals surface area contributed by atoms with Gasteiger partial charge < -0.3 is 35.1 Å². The Balaban J connectivity index is 1.43. The van der Waals surface area contributed by atoms with Gasteiger partial charge in [0.15, 0.2) is 23.7 Å². The van der Waals surface area contributed by atoms with E-state index in [0.717, 1.165) is 11.1 Å². The molecule has 0 amide bonds. The van der Waals surface area contributed by atoms with Crippen LogP contribution in [0.1, 0.15) is 44.2 Å². The fourth-order valence-electron chi connectivity index (χ4n) is 6.34. The lowest BCUT2D eigenvalue weighted by molar-refractivity contribution is -0.175. The minimum absolute atomic E-state index is 0.0281. The van der Waals surface area contributed by atoms with Gasteiger partial charge in [-0.15, -0.1) is 0 Å². The molecule has 0 unspecified atom stereocenters. The lowest BCUT2D eigenvalue weighted by Gasteiger charge is -2.61. The summed E-state index contributed by atoms with van der Waals surface area (Å²) in [5, 5.41) is 22.7. The van der Waals surface area contributed by atoms with Gasteiger partial charge in [0, 0.05) is 24.4 Å². The number of rotatable bonds is 6. The molecule has 10 heteroatoms. The van der Waals surface area contributed by atoms with Crippen molar-refractivity contribution >= 4 is 17.7 Å². The Hall–Kier alpha value is -2.95. The van der Waals surface area contributed by atoms with Crippen molar-refractivity contribution in [3.63, 3.8) is 0 Å². The maximum absolute atomic E-state index is 12.9. The Morgan fingerprint density at radius 2 is 2.06 bits per heavy atom. The van der Waals surface area contributed by atoms with E-state index < -0.39 is 41.2 Å². The van der Waals surface area contributed by atoms with E-state index in [4.69, 9.17) is 19.9 Å². The highest BCUT2D eigenvalue weighted by Crippen LogP contribution is 2.65. The van der Waals surface area contributed by atoms with Crippen LogP contribution >= 0.6 is 0 Å². The number of benzene rings is 1. The van der Waals surface area contributed by atoms with Crippen LogP contribution in [0.15, 0.2) is 24.0 Å². The number of ketones is 1. The number of hydrogen-bond donors (Lipinski definition) is 3. The summed E-state index contributed by atoms with van der Waals surface area (Å²) in [6, 6.07) is 2.12. The molecule has 1 fully saturated rings. The molecule has 1 aromatic carbocycles. The molecule has 0 aromatic heterocycles. The zero-order valence-corrected chi connectivity index (χ0v) is 19.9. The fraction of sp³-hybridized carbons (Fsp3) is 0.560. The summed E-state index contributed by atoms with van der Waals surface area (Å²) in [6.45, 7) is 3.37. The van der Waals surface area contributed by atoms with Crippen LogP contribution < -0.4 is 10.5 Å². The number of phenolic OH excluding ortho intramolecular Hbond substituents is 1. The van der Waals surface area contributed by atoms with E-state index in [0.29, 0.717) is 25.1 Å². The molecule has 5 rings (SSSR count). The van der Waals surface area contributed by atoms with Crippen LogP contribution in [-0.2, 0) is 35.7 Å². The van der Waals surface area contributed by atoms with Crippen molar-refractivity contribution in [2.45, 2.75) is 74.8 Å². The number of nitrogens with zero attached hydrogens (tertiary/aromatic N) is 1. The van der Waals surface area contributed by atoms with Gasteiger partial charge in [0.25, 0.3) is 0 Å². The van der Waals surface area contributed by atoms with Crippen molar-refractivity contribution in [2.75, 3.05) is 13.6 Å². The SMILES string of the molecule is CC(=O)C[C@H](N)C(=O)O[C@@H](C)C(=O)OC1=CC[C@@]2(O)[C@H]3Cc4ccc(O)c5c4[C@@]2(CCN3C)[C@H]1O5. The summed E-state index contributed by atoms with van der Waals surface area (Å²) in [4.78, 5) is 38.4. The Kier molecular flexibility index (Phi) is 5.46. The monoisotopic (exact) mass is 486 g/mol. The number of piperidine rings is 1. The number of aliphatic hydroxyl groups is 1. The number of hydrogen-bond acceptors (Lipinski definition) is 10. The predicted octanol–water partition coefficient (Wildman–Crippen LogP) is 0.451. The molecule has 2 heterocycles. The minimum atomic E-state index is -1.27. The van der Waals surface area contributed by atoms with E-state index >= 15 is 0 Å². The van der Waals surface area contributed by atoms with Gasteiger partial charge in [0.1, 0.15) is 17.6 Å². The van der Waals surface area contributed by atoms with E-state index in [1.807, 2.05) is 13.1 Å². The second-order valence-corrected chi connectivity index (χ2v) is 10.1. The highest BCUT2D eigenvalue weighted by atomic mass is 16.6. The smallest absolute Gasteiger partial charge is 0.352 e. The van der Waals surface area contributed by atoms with Gasteiger partial charge >= 0.3 is 11.9 Å². The summed E-state index contributed by atoms with van der Waals surface area (Å²) in [5.74, 6) is -1.48. The van der Waals surface area contributed by atoms with Gasteiger partial charge in [-0.3, -0.25) is 9.59 Å². The van der Waals surface area contributed by atoms with E-state index in [1.54, 1.807) is 12.1 Å². The standard InChI is InChI=1S/C25H30N2O8/c1-12(28)10-15(26)23(31)33-13(2)22(30)34-17-6-7-25(32)18-11-14-4-5-16(29)20-19(14)24(25,21(17)35-20)8-9-27(18)3/h4-6,13,15,18,21,29,32H,7-11,26H2,1-3H3/t13-,15-,18+,21-,24-,25+/m0/s1. The Labute approximate surface area is 202 Å². The van der Waals surface area contributed by atoms with Crippen molar-refractivity contribution in [1.82, 2.24) is 4.90 Å². The van der Waals surface area contributed by atoms with Crippen molar-refractivity contribution in [1.29, 1.82) is 0 Å². The number of nitrogens with two attached hydrogens (primary N) is 1. The first kappa shape index (κ1) is 23.8. The van der Waals surface area contributed by atoms with Gasteiger partial charge in [-0.05, 0) is 58.0 Å². The van der Waals surface area contributed by atoms with Crippen LogP contribution in [-0.4, -0.2) is 76.3 Å². The number of aromatic hydroxyl groups is 1. The third kappa shape index (κ3) is 3.30. The molecular weight excluding hydrogens is 456 g/mol. The highest BCUT2D eigenvalue weighted by Gasteiger charge is 2.72. The number of carbonyl (C=O) groups is 3. The van der Waals surface area contributed by atoms with Crippen LogP contribution in [0.3, 0.4) is 0 Å². The molecule has 188 valence electrons. The molecule has 1 saturated heterocycles. The lowest BCUT2D eigenvalue weighted by atomic mass is 9.50. The van der Waals surface area contributed by atoms with Crippen molar-refractivity contribution < 1.29 is 38.8 Å². The molecule has 2 aliphatic carbocycles. The third-order valence-electron chi connectivity index (χ3n) is 8.01. The summed E-state index contributed by atoms with van der Waals surface area (Å²) in [7, 11) is 1.98. The Morgan fingerprint density at radius 3 is 2.77 bits per heavy atom. The van der Waals surface area contributed by atoms with E-state index in [9.17, 15) is 24.6 Å². The largest absolute Gasteiger partial charge is 0.504 e. The van der Waals surface area contributed by atoms with Gasteiger partial charge in [0.2, 0.25) is 0 Å². The van der Waals surface area contributed by atoms with Crippen LogP contribution in [0.25, 0.3) is 0 Å². The zero-order chi connectivity index (χ0) is 25.3. The number of phenols is 1. The van der Waals surface area contributed by atoms with Crippen LogP contribution in [0.4, 0.5) is 0 Å². The van der Waals surface area contributed by atoms with Gasteiger partial charge in [-0.1, -0.05) is 6.07 Å². The molecule has 1 aromatic rings. The first-order valence-electron chi connectivity index (χ1n) is 11.8. The molecule has 4 N–H and O–H groups in total. The van der Waals surface area contributed by atoms with Gasteiger partial charge in [-0.25, -0.2) is 4.79 Å². The molecule has 10 nitrogen and oxygen atoms in total. The van der Waals surface area contributed by atoms with Crippen LogP contribution in [0.5, 0.6) is 11.5 Å². The second kappa shape index (κ2) is 8.04. The van der Waals surface area contributed by atoms with E-state index in [2.05, 4.69) is 4.90 Å². The summed E-state index contributed by atoms with van der Waals surface area (Å²) >= 11 is 0. The topological polar surface area (TPSA) is 149 Å². The third-order valence-corrected chi connectivity index (χ3v) is 8.01. The molecule has 6 atom stereocenters. The predicted molar refractivity (Wildman–Crippen MR) is 122 cm³/mol. The molecule has 0 radical (unpaired) electrons. The highest BCUT2D eigenvalue weighted by molar-refractivity contribution is 5.87. The molecule has 4 aliphatic rings. The number of likely N-dealkylation sites (N-methyl/N-ethyl adjacent to an activating group) is 1. The zero-order valence-electron chi connectivity index (χ0n) is 19.9. The first-order valence-corrected chi connectivity index (χ1v) is 11.8. The molecule has 35 heavy (non-hydrogen) atoms. The molecular formula is C25H30N2O8. The van der Waals surface area contributed by atoms with Crippen molar-refractivity contribution in [2.24, 2.45) is 5.73 Å². The molecule has 0 saturated carbocycles. The van der Waals surface area contributed by atoms with E-state index in [-0.39, 0.29) is 36.2 Å². The second-order valence-electron chi connectivity index (χ2n) is 10.1.